The summed E-state index contributed by atoms with van der Waals surface area (Å²) < 4.78 is 74.3. The quantitative estimate of drug-likeness (QED) is 0.0577. The van der Waals surface area contributed by atoms with E-state index >= 15 is 0 Å². The van der Waals surface area contributed by atoms with Gasteiger partial charge in [-0.15, -0.1) is 0 Å². The Morgan fingerprint density at radius 3 is 1.73 bits per heavy atom. The van der Waals surface area contributed by atoms with Crippen molar-refractivity contribution in [2.75, 3.05) is 13.2 Å². The predicted octanol–water partition coefficient (Wildman–Crippen LogP) is 16.4. The van der Waals surface area contributed by atoms with Gasteiger partial charge in [0.15, 0.2) is 14.6 Å². The molecule has 4 aliphatic heterocycles. The van der Waals surface area contributed by atoms with E-state index in [0.29, 0.717) is 65.3 Å². The number of benzene rings is 6. The molecule has 0 amide bonds. The predicted molar refractivity (Wildman–Crippen MR) is 333 cm³/mol. The van der Waals surface area contributed by atoms with Crippen LogP contribution in [0.5, 0.6) is 0 Å². The molecule has 0 bridgehead atoms. The summed E-state index contributed by atoms with van der Waals surface area (Å²) in [6.07, 6.45) is 3.98. The molecule has 3 saturated heterocycles. The van der Waals surface area contributed by atoms with Crippen molar-refractivity contribution in [2.24, 2.45) is 5.92 Å². The smallest absolute Gasteiger partial charge is 0.192 e. The molecule has 10 nitrogen and oxygen atoms in total. The summed E-state index contributed by atoms with van der Waals surface area (Å²) in [5.41, 5.74) is 4.40. The van der Waals surface area contributed by atoms with Gasteiger partial charge in [-0.25, -0.2) is 0 Å². The fourth-order valence-corrected chi connectivity index (χ4v) is 13.6. The number of rotatable bonds is 19. The fourth-order valence-electron chi connectivity index (χ4n) is 11.7. The lowest BCUT2D eigenvalue weighted by atomic mass is 9.78. The van der Waals surface area contributed by atoms with E-state index in [1.165, 1.54) is 0 Å². The average molecular weight is 1260 g/mol. The van der Waals surface area contributed by atoms with Gasteiger partial charge in [-0.2, -0.15) is 0 Å². The first-order chi connectivity index (χ1) is 39.5. The zero-order valence-corrected chi connectivity index (χ0v) is 53.0. The molecule has 0 aromatic heterocycles. The van der Waals surface area contributed by atoms with Crippen LogP contribution in [0.15, 0.2) is 173 Å². The number of hydrogen-bond acceptors (Lipinski definition) is 10. The van der Waals surface area contributed by atoms with Crippen LogP contribution < -0.4 is 0 Å². The molecular weight excluding hydrogens is 1180 g/mol. The molecule has 4 heterocycles. The molecule has 0 unspecified atom stereocenters. The van der Waals surface area contributed by atoms with Gasteiger partial charge < -0.3 is 47.1 Å². The Hall–Kier alpha value is -3.90. The molecule has 4 aliphatic rings. The van der Waals surface area contributed by atoms with Crippen molar-refractivity contribution in [1.82, 2.24) is 0 Å². The van der Waals surface area contributed by atoms with E-state index in [-0.39, 0.29) is 47.6 Å². The number of ether oxygens (including phenoxy) is 9. The van der Waals surface area contributed by atoms with E-state index in [1.807, 2.05) is 36.4 Å². The molecule has 0 spiro atoms. The van der Waals surface area contributed by atoms with E-state index in [2.05, 4.69) is 207 Å². The lowest BCUT2D eigenvalue weighted by molar-refractivity contribution is -0.376. The largest absolute Gasteiger partial charge is 0.411 e. The molecule has 438 valence electrons. The molecule has 13 heteroatoms. The highest BCUT2D eigenvalue weighted by Crippen LogP contribution is 2.49. The van der Waals surface area contributed by atoms with E-state index in [1.54, 1.807) is 0 Å². The van der Waals surface area contributed by atoms with Crippen LogP contribution in [0.3, 0.4) is 0 Å². The Morgan fingerprint density at radius 2 is 1.10 bits per heavy atom. The molecule has 0 aliphatic carbocycles. The Balaban J connectivity index is 0.992. The SMILES string of the molecule is C[C@@H]1C[C@H](OCc2ccc(Br)cc2)[C@@H](COCc2ccc(Br)cc2)O[C@H]2C[C@@H]3O[C@H](c4ccc5ccccc5c4)O[C@H](C[C@H]4O[C@@H](COCc5ccccc5)[C@H](OCc5ccccc5)C/C=C\C[C@@H]4O[Si](C)(C)C(C)(C)C)[C@]3(C)O[C@@H]2C1. The first kappa shape index (κ1) is 61.2. The van der Waals surface area contributed by atoms with Gasteiger partial charge in [-0.05, 0) is 120 Å². The highest BCUT2D eigenvalue weighted by molar-refractivity contribution is 9.10. The molecular formula is C69H84Br2O10Si. The summed E-state index contributed by atoms with van der Waals surface area (Å²) in [4.78, 5) is 0. The van der Waals surface area contributed by atoms with Crippen LogP contribution >= 0.6 is 31.9 Å². The van der Waals surface area contributed by atoms with Crippen LogP contribution in [-0.4, -0.2) is 88.2 Å². The van der Waals surface area contributed by atoms with Crippen LogP contribution in [0.2, 0.25) is 18.1 Å². The summed E-state index contributed by atoms with van der Waals surface area (Å²) in [6.45, 7) is 18.5. The van der Waals surface area contributed by atoms with Gasteiger partial charge in [0.25, 0.3) is 0 Å². The maximum Gasteiger partial charge on any atom is 0.192 e. The number of halogens is 2. The van der Waals surface area contributed by atoms with Crippen molar-refractivity contribution in [3.8, 4) is 0 Å². The van der Waals surface area contributed by atoms with Gasteiger partial charge in [0.05, 0.1) is 88.5 Å². The Labute approximate surface area is 505 Å². The zero-order valence-electron chi connectivity index (χ0n) is 48.8. The van der Waals surface area contributed by atoms with Gasteiger partial charge in [0.1, 0.15) is 17.8 Å². The minimum Gasteiger partial charge on any atom is -0.411 e. The standard InChI is InChI=1S/C69H84Br2O10Si/c1-47-36-59(75-44-51-28-34-56(71)35-29-51)64(46-73-42-50-26-32-55(70)33-27-50)77-61-40-66-69(5,80-62(61)37-47)65(78-67(79-66)54-31-30-52-22-14-15-23-53(52)38-54)39-60-58(81-82(6,7)68(2,3)4)25-17-16-24-57(74-43-49-20-12-9-13-21-49)63(76-60)45-72-41-48-18-10-8-11-19-48/h8-23,26-35,38,47,57-67H,24-25,36-37,39-46H2,1-7H3/b17-16-/t47-,57-,58+,59+,60-,61+,62-,63+,64-,65-,66+,67-,69+/m1/s1. The normalized spacial score (nSPS) is 29.5. The van der Waals surface area contributed by atoms with Gasteiger partial charge in [0.2, 0.25) is 0 Å². The van der Waals surface area contributed by atoms with Crippen molar-refractivity contribution in [3.05, 3.63) is 201 Å². The summed E-state index contributed by atoms with van der Waals surface area (Å²) in [5.74, 6) is 0.228. The summed E-state index contributed by atoms with van der Waals surface area (Å²) >= 11 is 7.19. The number of fused-ring (bicyclic) bond motifs is 3. The van der Waals surface area contributed by atoms with E-state index in [9.17, 15) is 0 Å². The maximum atomic E-state index is 7.71. The maximum absolute atomic E-state index is 7.71. The second-order valence-electron chi connectivity index (χ2n) is 24.8. The molecule has 6 aromatic rings. The van der Waals surface area contributed by atoms with Crippen LogP contribution in [0.4, 0.5) is 0 Å². The highest BCUT2D eigenvalue weighted by atomic mass is 79.9. The minimum absolute atomic E-state index is 0.0616. The molecule has 82 heavy (non-hydrogen) atoms. The van der Waals surface area contributed by atoms with Gasteiger partial charge in [0, 0.05) is 27.4 Å². The van der Waals surface area contributed by atoms with Gasteiger partial charge in [-0.1, -0.05) is 193 Å². The topological polar surface area (TPSA) is 92.3 Å². The monoisotopic (exact) mass is 1260 g/mol. The fraction of sp³-hybridized carbons (Fsp3) is 0.478. The lowest BCUT2D eigenvalue weighted by Gasteiger charge is -2.57. The molecule has 0 N–H and O–H groups in total. The van der Waals surface area contributed by atoms with Crippen molar-refractivity contribution < 1.29 is 47.1 Å². The first-order valence-corrected chi connectivity index (χ1v) is 34.1. The molecule has 10 rings (SSSR count). The van der Waals surface area contributed by atoms with Crippen molar-refractivity contribution in [1.29, 1.82) is 0 Å². The van der Waals surface area contributed by atoms with Crippen LogP contribution in [0.25, 0.3) is 10.8 Å². The molecule has 0 radical (unpaired) electrons. The van der Waals surface area contributed by atoms with E-state index in [0.717, 1.165) is 60.4 Å². The summed E-state index contributed by atoms with van der Waals surface area (Å²) in [7, 11) is -2.40. The molecule has 3 fully saturated rings. The zero-order chi connectivity index (χ0) is 57.3. The van der Waals surface area contributed by atoms with Crippen molar-refractivity contribution in [3.63, 3.8) is 0 Å². The molecule has 6 aromatic carbocycles. The summed E-state index contributed by atoms with van der Waals surface area (Å²) in [6, 6.07) is 52.2. The Morgan fingerprint density at radius 1 is 0.549 bits per heavy atom. The third-order valence-electron chi connectivity index (χ3n) is 17.5. The van der Waals surface area contributed by atoms with Crippen molar-refractivity contribution >= 4 is 50.9 Å². The lowest BCUT2D eigenvalue weighted by Crippen LogP contribution is -2.67. The Bertz CT molecular complexity index is 2960. The third kappa shape index (κ3) is 15.9. The summed E-state index contributed by atoms with van der Waals surface area (Å²) in [5, 5.41) is 2.20. The minimum atomic E-state index is -2.40. The van der Waals surface area contributed by atoms with Gasteiger partial charge in [-0.3, -0.25) is 0 Å². The van der Waals surface area contributed by atoms with Crippen LogP contribution in [0, 0.1) is 5.92 Å². The van der Waals surface area contributed by atoms with E-state index < -0.39 is 44.6 Å². The first-order valence-electron chi connectivity index (χ1n) is 29.6. The molecule has 13 atom stereocenters. The van der Waals surface area contributed by atoms with Gasteiger partial charge >= 0.3 is 0 Å². The average Bonchev–Trinajstić information content (AvgIpc) is 3.62. The van der Waals surface area contributed by atoms with Crippen LogP contribution in [-0.2, 0) is 73.5 Å². The van der Waals surface area contributed by atoms with Crippen molar-refractivity contribution in [2.45, 2.75) is 191 Å². The second kappa shape index (κ2) is 28.1. The second-order valence-corrected chi connectivity index (χ2v) is 31.4. The number of hydrogen-bond donors (Lipinski definition) is 0. The third-order valence-corrected chi connectivity index (χ3v) is 23.1. The Kier molecular flexibility index (Phi) is 21.0. The highest BCUT2D eigenvalue weighted by Gasteiger charge is 2.58. The van der Waals surface area contributed by atoms with E-state index in [4.69, 9.17) is 47.1 Å². The van der Waals surface area contributed by atoms with Crippen LogP contribution in [0.1, 0.15) is 107 Å². The molecule has 0 saturated carbocycles.